The highest BCUT2D eigenvalue weighted by Crippen LogP contribution is 2.31. The Balaban J connectivity index is 1.75. The lowest BCUT2D eigenvalue weighted by Gasteiger charge is -2.32. The van der Waals surface area contributed by atoms with Gasteiger partial charge in [-0.25, -0.2) is 9.07 Å². The van der Waals surface area contributed by atoms with Crippen molar-refractivity contribution >= 4 is 5.91 Å². The van der Waals surface area contributed by atoms with E-state index in [0.29, 0.717) is 11.7 Å². The molecule has 144 valence electrons. The summed E-state index contributed by atoms with van der Waals surface area (Å²) in [6.07, 6.45) is 8.58. The number of carbonyl (C=O) groups excluding carboxylic acids is 1. The van der Waals surface area contributed by atoms with Crippen molar-refractivity contribution in [2.75, 3.05) is 0 Å². The summed E-state index contributed by atoms with van der Waals surface area (Å²) >= 11 is 0. The molecule has 1 fully saturated rings. The van der Waals surface area contributed by atoms with Gasteiger partial charge in [0.2, 0.25) is 0 Å². The summed E-state index contributed by atoms with van der Waals surface area (Å²) in [6, 6.07) is 6.87. The normalized spacial score (nSPS) is 17.3. The summed E-state index contributed by atoms with van der Waals surface area (Å²) in [7, 11) is 0. The lowest BCUT2D eigenvalue weighted by molar-refractivity contribution is 0.0605. The van der Waals surface area contributed by atoms with Crippen molar-refractivity contribution in [3.8, 4) is 5.69 Å². The van der Waals surface area contributed by atoms with E-state index in [4.69, 9.17) is 5.10 Å². The van der Waals surface area contributed by atoms with E-state index < -0.39 is 0 Å². The summed E-state index contributed by atoms with van der Waals surface area (Å²) in [5.74, 6) is -0.195. The molecule has 2 aliphatic rings. The Hall–Kier alpha value is -2.17. The second-order valence-corrected chi connectivity index (χ2v) is 8.11. The molecule has 4 nitrogen and oxygen atoms in total. The van der Waals surface area contributed by atoms with Crippen molar-refractivity contribution < 1.29 is 9.18 Å². The van der Waals surface area contributed by atoms with Crippen LogP contribution in [0.3, 0.4) is 0 Å². The van der Waals surface area contributed by atoms with Gasteiger partial charge in [-0.15, -0.1) is 0 Å². The molecular weight excluding hydrogens is 341 g/mol. The van der Waals surface area contributed by atoms with Crippen LogP contribution in [0, 0.1) is 5.82 Å². The van der Waals surface area contributed by atoms with Gasteiger partial charge < -0.3 is 4.90 Å². The Morgan fingerprint density at radius 1 is 1.11 bits per heavy atom. The van der Waals surface area contributed by atoms with E-state index in [9.17, 15) is 9.18 Å². The molecule has 27 heavy (non-hydrogen) atoms. The lowest BCUT2D eigenvalue weighted by Crippen LogP contribution is -2.44. The highest BCUT2D eigenvalue weighted by atomic mass is 19.1. The molecule has 0 radical (unpaired) electrons. The Morgan fingerprint density at radius 2 is 1.78 bits per heavy atom. The van der Waals surface area contributed by atoms with Crippen LogP contribution < -0.4 is 0 Å². The molecule has 0 spiro atoms. The number of nitrogens with zero attached hydrogens (tertiary/aromatic N) is 3. The van der Waals surface area contributed by atoms with Crippen molar-refractivity contribution in [3.63, 3.8) is 0 Å². The van der Waals surface area contributed by atoms with Crippen molar-refractivity contribution in [1.82, 2.24) is 14.7 Å². The summed E-state index contributed by atoms with van der Waals surface area (Å²) in [4.78, 5) is 15.6. The zero-order valence-electron chi connectivity index (χ0n) is 16.2. The van der Waals surface area contributed by atoms with E-state index >= 15 is 0 Å². The minimum Gasteiger partial charge on any atom is -0.332 e. The highest BCUT2D eigenvalue weighted by molar-refractivity contribution is 5.94. The monoisotopic (exact) mass is 369 g/mol. The van der Waals surface area contributed by atoms with Crippen LogP contribution in [0.25, 0.3) is 5.69 Å². The first kappa shape index (κ1) is 18.2. The molecule has 1 heterocycles. The average molecular weight is 369 g/mol. The van der Waals surface area contributed by atoms with Crippen LogP contribution in [0.4, 0.5) is 4.39 Å². The first-order valence-corrected chi connectivity index (χ1v) is 10.3. The van der Waals surface area contributed by atoms with Crippen LogP contribution >= 0.6 is 0 Å². The summed E-state index contributed by atoms with van der Waals surface area (Å²) in [6.45, 7) is 4.19. The van der Waals surface area contributed by atoms with Crippen molar-refractivity contribution in [2.24, 2.45) is 0 Å². The Labute approximate surface area is 160 Å². The maximum absolute atomic E-state index is 13.5. The van der Waals surface area contributed by atoms with Gasteiger partial charge in [0, 0.05) is 23.3 Å². The summed E-state index contributed by atoms with van der Waals surface area (Å²) in [5, 5.41) is 4.77. The van der Waals surface area contributed by atoms with Gasteiger partial charge in [-0.1, -0.05) is 12.8 Å². The molecule has 1 aromatic heterocycles. The zero-order valence-corrected chi connectivity index (χ0v) is 16.2. The molecule has 2 aromatic rings. The Bertz CT molecular complexity index is 819. The fraction of sp³-hybridized carbons (Fsp3) is 0.545. The van der Waals surface area contributed by atoms with Gasteiger partial charge in [-0.05, 0) is 76.6 Å². The first-order chi connectivity index (χ1) is 13.1. The van der Waals surface area contributed by atoms with Gasteiger partial charge in [-0.3, -0.25) is 4.79 Å². The number of benzene rings is 1. The third kappa shape index (κ3) is 3.40. The quantitative estimate of drug-likeness (QED) is 0.785. The Morgan fingerprint density at radius 3 is 2.44 bits per heavy atom. The molecule has 0 bridgehead atoms. The second kappa shape index (κ2) is 7.45. The number of halogens is 1. The molecule has 2 aliphatic carbocycles. The molecule has 0 saturated heterocycles. The molecule has 4 rings (SSSR count). The van der Waals surface area contributed by atoms with Gasteiger partial charge in [-0.2, -0.15) is 5.10 Å². The zero-order chi connectivity index (χ0) is 19.0. The largest absolute Gasteiger partial charge is 0.332 e. The molecular formula is C22H28FN3O. The fourth-order valence-corrected chi connectivity index (χ4v) is 4.69. The molecule has 0 aliphatic heterocycles. The molecule has 1 amide bonds. The first-order valence-electron chi connectivity index (χ1n) is 10.3. The predicted octanol–water partition coefficient (Wildman–Crippen LogP) is 4.68. The number of rotatable bonds is 4. The minimum atomic E-state index is -0.261. The van der Waals surface area contributed by atoms with E-state index in [1.54, 1.807) is 12.1 Å². The second-order valence-electron chi connectivity index (χ2n) is 8.11. The van der Waals surface area contributed by atoms with Crippen LogP contribution in [-0.2, 0) is 12.8 Å². The number of carbonyl (C=O) groups is 1. The smallest absolute Gasteiger partial charge is 0.275 e. The van der Waals surface area contributed by atoms with Crippen LogP contribution in [0.2, 0.25) is 0 Å². The number of hydrogen-bond acceptors (Lipinski definition) is 2. The topological polar surface area (TPSA) is 38.1 Å². The van der Waals surface area contributed by atoms with Crippen LogP contribution in [-0.4, -0.2) is 32.7 Å². The van der Waals surface area contributed by atoms with E-state index in [1.807, 2.05) is 4.68 Å². The van der Waals surface area contributed by atoms with Gasteiger partial charge in [0.05, 0.1) is 5.69 Å². The third-order valence-electron chi connectivity index (χ3n) is 5.96. The van der Waals surface area contributed by atoms with Gasteiger partial charge >= 0.3 is 0 Å². The molecule has 0 N–H and O–H groups in total. The van der Waals surface area contributed by atoms with Crippen LogP contribution in [0.1, 0.15) is 74.1 Å². The maximum Gasteiger partial charge on any atom is 0.275 e. The summed E-state index contributed by atoms with van der Waals surface area (Å²) in [5.41, 5.74) is 3.64. The van der Waals surface area contributed by atoms with Crippen LogP contribution in [0.5, 0.6) is 0 Å². The van der Waals surface area contributed by atoms with Gasteiger partial charge in [0.25, 0.3) is 5.91 Å². The Kier molecular flexibility index (Phi) is 5.02. The number of aromatic nitrogens is 2. The third-order valence-corrected chi connectivity index (χ3v) is 5.96. The predicted molar refractivity (Wildman–Crippen MR) is 104 cm³/mol. The molecule has 5 heteroatoms. The number of amides is 1. The van der Waals surface area contributed by atoms with E-state index in [1.165, 1.54) is 25.0 Å². The molecule has 1 aromatic carbocycles. The van der Waals surface area contributed by atoms with Crippen molar-refractivity contribution in [3.05, 3.63) is 47.0 Å². The van der Waals surface area contributed by atoms with E-state index in [2.05, 4.69) is 18.7 Å². The number of hydrogen-bond donors (Lipinski definition) is 0. The fourth-order valence-electron chi connectivity index (χ4n) is 4.69. The maximum atomic E-state index is 13.5. The average Bonchev–Trinajstić information content (AvgIpc) is 3.30. The molecule has 1 saturated carbocycles. The van der Waals surface area contributed by atoms with E-state index in [0.717, 1.165) is 55.5 Å². The molecule has 0 unspecified atom stereocenters. The van der Waals surface area contributed by atoms with E-state index in [-0.39, 0.29) is 17.8 Å². The minimum absolute atomic E-state index is 0.0657. The van der Waals surface area contributed by atoms with Crippen molar-refractivity contribution in [2.45, 2.75) is 77.3 Å². The SMILES string of the molecule is CC(C)N(C(=O)c1nn(-c2ccc(F)cc2)c2c1CCCC2)C1CCCC1. The number of fused-ring (bicyclic) bond motifs is 1. The van der Waals surface area contributed by atoms with Gasteiger partial charge in [0.15, 0.2) is 5.69 Å². The summed E-state index contributed by atoms with van der Waals surface area (Å²) < 4.78 is 15.2. The standard InChI is InChI=1S/C22H28FN3O/c1-15(2)25(17-7-3-4-8-17)22(27)21-19-9-5-6-10-20(19)26(24-21)18-13-11-16(23)12-14-18/h11-15,17H,3-10H2,1-2H3. The highest BCUT2D eigenvalue weighted by Gasteiger charge is 2.34. The molecule has 0 atom stereocenters. The lowest BCUT2D eigenvalue weighted by atomic mass is 9.95. The van der Waals surface area contributed by atoms with Crippen molar-refractivity contribution in [1.29, 1.82) is 0 Å². The van der Waals surface area contributed by atoms with Gasteiger partial charge in [0.1, 0.15) is 5.82 Å². The van der Waals surface area contributed by atoms with Crippen LogP contribution in [0.15, 0.2) is 24.3 Å².